The first-order valence-electron chi connectivity index (χ1n) is 7.77. The normalized spacial score (nSPS) is 14.7. The van der Waals surface area contributed by atoms with Crippen molar-refractivity contribution < 1.29 is 9.05 Å². The van der Waals surface area contributed by atoms with Crippen LogP contribution in [0, 0.1) is 5.92 Å². The average molecular weight is 276 g/mol. The molecule has 0 aliphatic heterocycles. The third kappa shape index (κ3) is 11.4. The van der Waals surface area contributed by atoms with Crippen LogP contribution in [0.15, 0.2) is 0 Å². The Morgan fingerprint density at radius 2 is 1.61 bits per heavy atom. The molecule has 0 spiro atoms. The van der Waals surface area contributed by atoms with E-state index in [9.17, 15) is 0 Å². The van der Waals surface area contributed by atoms with E-state index in [0.29, 0.717) is 0 Å². The molecule has 2 unspecified atom stereocenters. The maximum atomic E-state index is 5.77. The standard InChI is InChI=1S/C15H33O2P/c1-5-8-9-10-12-15(4)13-11-14-17-18(7-3)16-6-2/h15H,5-14H2,1-4H3. The van der Waals surface area contributed by atoms with Gasteiger partial charge in [-0.1, -0.05) is 52.9 Å². The van der Waals surface area contributed by atoms with Gasteiger partial charge in [-0.05, 0) is 25.7 Å². The van der Waals surface area contributed by atoms with E-state index < -0.39 is 8.38 Å². The lowest BCUT2D eigenvalue weighted by molar-refractivity contribution is 0.248. The minimum atomic E-state index is -0.605. The zero-order valence-corrected chi connectivity index (χ0v) is 13.8. The fraction of sp³-hybridized carbons (Fsp3) is 1.00. The molecule has 0 N–H and O–H groups in total. The highest BCUT2D eigenvalue weighted by molar-refractivity contribution is 7.47. The fourth-order valence-corrected chi connectivity index (χ4v) is 3.09. The van der Waals surface area contributed by atoms with E-state index in [-0.39, 0.29) is 0 Å². The van der Waals surface area contributed by atoms with Crippen molar-refractivity contribution in [1.82, 2.24) is 0 Å². The second-order valence-electron chi connectivity index (χ2n) is 5.00. The Bertz CT molecular complexity index is 165. The molecule has 0 aromatic rings. The lowest BCUT2D eigenvalue weighted by atomic mass is 9.98. The maximum Gasteiger partial charge on any atom is 0.170 e. The molecule has 0 aliphatic rings. The quantitative estimate of drug-likeness (QED) is 0.314. The van der Waals surface area contributed by atoms with E-state index in [4.69, 9.17) is 9.05 Å². The van der Waals surface area contributed by atoms with Crippen molar-refractivity contribution in [2.24, 2.45) is 5.92 Å². The van der Waals surface area contributed by atoms with Gasteiger partial charge in [-0.3, -0.25) is 0 Å². The summed E-state index contributed by atoms with van der Waals surface area (Å²) in [4.78, 5) is 0. The van der Waals surface area contributed by atoms with Crippen LogP contribution in [0.4, 0.5) is 0 Å². The fourth-order valence-electron chi connectivity index (χ4n) is 2.03. The van der Waals surface area contributed by atoms with Crippen molar-refractivity contribution in [1.29, 1.82) is 0 Å². The highest BCUT2D eigenvalue weighted by atomic mass is 31.2. The predicted molar refractivity (Wildman–Crippen MR) is 82.2 cm³/mol. The molecule has 0 aromatic heterocycles. The summed E-state index contributed by atoms with van der Waals surface area (Å²) in [5, 5.41) is 0. The van der Waals surface area contributed by atoms with E-state index >= 15 is 0 Å². The zero-order valence-electron chi connectivity index (χ0n) is 12.9. The van der Waals surface area contributed by atoms with E-state index in [0.717, 1.165) is 25.3 Å². The molecular weight excluding hydrogens is 243 g/mol. The van der Waals surface area contributed by atoms with Crippen molar-refractivity contribution in [3.63, 3.8) is 0 Å². The second-order valence-corrected chi connectivity index (χ2v) is 6.81. The minimum Gasteiger partial charge on any atom is -0.334 e. The van der Waals surface area contributed by atoms with Gasteiger partial charge in [-0.2, -0.15) is 0 Å². The first kappa shape index (κ1) is 18.4. The summed E-state index contributed by atoms with van der Waals surface area (Å²) in [6, 6.07) is 0. The third-order valence-electron chi connectivity index (χ3n) is 3.16. The molecule has 3 heteroatoms. The molecule has 2 atom stereocenters. The third-order valence-corrected chi connectivity index (χ3v) is 4.69. The molecule has 0 amide bonds. The lowest BCUT2D eigenvalue weighted by Gasteiger charge is -2.15. The van der Waals surface area contributed by atoms with Crippen LogP contribution in [0.2, 0.25) is 0 Å². The molecular formula is C15H33O2P. The zero-order chi connectivity index (χ0) is 13.6. The van der Waals surface area contributed by atoms with E-state index in [1.54, 1.807) is 0 Å². The molecule has 0 saturated heterocycles. The van der Waals surface area contributed by atoms with Gasteiger partial charge >= 0.3 is 0 Å². The minimum absolute atomic E-state index is 0.605. The Balaban J connectivity index is 3.35. The summed E-state index contributed by atoms with van der Waals surface area (Å²) in [5.74, 6) is 0.852. The van der Waals surface area contributed by atoms with Crippen molar-refractivity contribution in [2.75, 3.05) is 19.4 Å². The van der Waals surface area contributed by atoms with Crippen LogP contribution in [-0.2, 0) is 9.05 Å². The van der Waals surface area contributed by atoms with Crippen LogP contribution in [-0.4, -0.2) is 19.4 Å². The van der Waals surface area contributed by atoms with Crippen LogP contribution < -0.4 is 0 Å². The summed E-state index contributed by atoms with van der Waals surface area (Å²) < 4.78 is 11.3. The Kier molecular flexibility index (Phi) is 14.0. The monoisotopic (exact) mass is 276 g/mol. The van der Waals surface area contributed by atoms with Crippen molar-refractivity contribution in [3.8, 4) is 0 Å². The van der Waals surface area contributed by atoms with Gasteiger partial charge in [0.1, 0.15) is 0 Å². The Morgan fingerprint density at radius 3 is 2.22 bits per heavy atom. The number of hydrogen-bond acceptors (Lipinski definition) is 2. The van der Waals surface area contributed by atoms with Gasteiger partial charge in [0.2, 0.25) is 0 Å². The van der Waals surface area contributed by atoms with Gasteiger partial charge in [-0.25, -0.2) is 0 Å². The summed E-state index contributed by atoms with van der Waals surface area (Å²) in [7, 11) is -0.605. The number of hydrogen-bond donors (Lipinski definition) is 0. The molecule has 110 valence electrons. The smallest absolute Gasteiger partial charge is 0.170 e. The van der Waals surface area contributed by atoms with Crippen molar-refractivity contribution in [2.45, 2.75) is 72.6 Å². The second kappa shape index (κ2) is 13.8. The van der Waals surface area contributed by atoms with Crippen LogP contribution in [0.3, 0.4) is 0 Å². The van der Waals surface area contributed by atoms with Crippen LogP contribution in [0.1, 0.15) is 72.6 Å². The van der Waals surface area contributed by atoms with Crippen LogP contribution >= 0.6 is 8.38 Å². The van der Waals surface area contributed by atoms with E-state index in [1.165, 1.54) is 44.9 Å². The maximum absolute atomic E-state index is 5.77. The molecule has 0 aromatic carbocycles. The van der Waals surface area contributed by atoms with Gasteiger partial charge in [0.15, 0.2) is 8.38 Å². The van der Waals surface area contributed by atoms with Gasteiger partial charge in [0, 0.05) is 6.16 Å². The predicted octanol–water partition coefficient (Wildman–Crippen LogP) is 5.76. The van der Waals surface area contributed by atoms with E-state index in [2.05, 4.69) is 20.8 Å². The lowest BCUT2D eigenvalue weighted by Crippen LogP contribution is -2.00. The Morgan fingerprint density at radius 1 is 0.889 bits per heavy atom. The Hall–Kier alpha value is 0.350. The SMILES string of the molecule is CCCCCCC(C)CCCOP(CC)OCC. The summed E-state index contributed by atoms with van der Waals surface area (Å²) >= 11 is 0. The molecule has 0 heterocycles. The largest absolute Gasteiger partial charge is 0.334 e. The molecule has 0 fully saturated rings. The Labute approximate surface area is 116 Å². The topological polar surface area (TPSA) is 18.5 Å². The molecule has 2 nitrogen and oxygen atoms in total. The highest BCUT2D eigenvalue weighted by Crippen LogP contribution is 2.37. The van der Waals surface area contributed by atoms with Crippen molar-refractivity contribution >= 4 is 8.38 Å². The van der Waals surface area contributed by atoms with Crippen LogP contribution in [0.25, 0.3) is 0 Å². The molecule has 0 rings (SSSR count). The van der Waals surface area contributed by atoms with Crippen molar-refractivity contribution in [3.05, 3.63) is 0 Å². The first-order valence-corrected chi connectivity index (χ1v) is 9.14. The number of rotatable bonds is 13. The molecule has 0 bridgehead atoms. The molecule has 0 saturated carbocycles. The van der Waals surface area contributed by atoms with Gasteiger partial charge in [0.05, 0.1) is 13.2 Å². The highest BCUT2D eigenvalue weighted by Gasteiger charge is 2.07. The van der Waals surface area contributed by atoms with Gasteiger partial charge in [-0.15, -0.1) is 0 Å². The molecule has 0 aliphatic carbocycles. The first-order chi connectivity index (χ1) is 8.74. The molecule has 18 heavy (non-hydrogen) atoms. The van der Waals surface area contributed by atoms with Gasteiger partial charge in [0.25, 0.3) is 0 Å². The average Bonchev–Trinajstić information content (AvgIpc) is 2.38. The molecule has 0 radical (unpaired) electrons. The van der Waals surface area contributed by atoms with Gasteiger partial charge < -0.3 is 9.05 Å². The van der Waals surface area contributed by atoms with E-state index in [1.807, 2.05) is 6.92 Å². The summed E-state index contributed by atoms with van der Waals surface area (Å²) in [5.41, 5.74) is 0. The summed E-state index contributed by atoms with van der Waals surface area (Å²) in [6.45, 7) is 10.5. The van der Waals surface area contributed by atoms with Crippen LogP contribution in [0.5, 0.6) is 0 Å². The number of unbranched alkanes of at least 4 members (excludes halogenated alkanes) is 3. The summed E-state index contributed by atoms with van der Waals surface area (Å²) in [6.07, 6.45) is 10.4.